The van der Waals surface area contributed by atoms with E-state index in [0.717, 1.165) is 36.1 Å². The maximum Gasteiger partial charge on any atom is 0.227 e. The molecule has 6 nitrogen and oxygen atoms in total. The lowest BCUT2D eigenvalue weighted by molar-refractivity contribution is 0.568. The molecule has 0 amide bonds. The Kier molecular flexibility index (Phi) is 5.48. The van der Waals surface area contributed by atoms with E-state index in [1.54, 1.807) is 6.21 Å². The molecule has 2 aromatic rings. The third-order valence-electron chi connectivity index (χ3n) is 4.28. The fourth-order valence-corrected chi connectivity index (χ4v) is 2.88. The molecule has 0 atom stereocenters. The summed E-state index contributed by atoms with van der Waals surface area (Å²) in [4.78, 5) is 13.5. The molecular formula is C19H26N6. The number of hydrazone groups is 1. The molecule has 0 radical (unpaired) electrons. The highest BCUT2D eigenvalue weighted by atomic mass is 15.3. The zero-order valence-corrected chi connectivity index (χ0v) is 15.2. The molecule has 6 heteroatoms. The summed E-state index contributed by atoms with van der Waals surface area (Å²) < 4.78 is 0. The minimum Gasteiger partial charge on any atom is -0.378 e. The quantitative estimate of drug-likeness (QED) is 0.670. The van der Waals surface area contributed by atoms with Crippen molar-refractivity contribution in [3.63, 3.8) is 0 Å². The van der Waals surface area contributed by atoms with E-state index in [2.05, 4.69) is 42.4 Å². The minimum atomic E-state index is 0.731. The topological polar surface area (TPSA) is 56.7 Å². The Morgan fingerprint density at radius 1 is 1.08 bits per heavy atom. The molecule has 1 aromatic carbocycles. The van der Waals surface area contributed by atoms with Gasteiger partial charge in [-0.05, 0) is 43.9 Å². The van der Waals surface area contributed by atoms with Crippen LogP contribution in [0.3, 0.4) is 0 Å². The average Bonchev–Trinajstić information content (AvgIpc) is 2.62. The van der Waals surface area contributed by atoms with Gasteiger partial charge in [-0.15, -0.1) is 0 Å². The summed E-state index contributed by atoms with van der Waals surface area (Å²) in [5, 5.41) is 4.32. The lowest BCUT2D eigenvalue weighted by Crippen LogP contribution is -2.31. The van der Waals surface area contributed by atoms with Crippen LogP contribution in [0, 0.1) is 6.92 Å². The Bertz CT molecular complexity index is 717. The van der Waals surface area contributed by atoms with Gasteiger partial charge < -0.3 is 9.80 Å². The summed E-state index contributed by atoms with van der Waals surface area (Å²) in [5.41, 5.74) is 6.19. The zero-order valence-electron chi connectivity index (χ0n) is 15.2. The van der Waals surface area contributed by atoms with Crippen molar-refractivity contribution in [3.8, 4) is 0 Å². The first-order valence-electron chi connectivity index (χ1n) is 8.79. The van der Waals surface area contributed by atoms with Gasteiger partial charge in [-0.2, -0.15) is 10.1 Å². The van der Waals surface area contributed by atoms with Crippen molar-refractivity contribution in [1.82, 2.24) is 9.97 Å². The molecule has 25 heavy (non-hydrogen) atoms. The molecule has 1 N–H and O–H groups in total. The van der Waals surface area contributed by atoms with Gasteiger partial charge in [-0.3, -0.25) is 5.43 Å². The van der Waals surface area contributed by atoms with Crippen LogP contribution in [-0.4, -0.2) is 43.4 Å². The smallest absolute Gasteiger partial charge is 0.227 e. The van der Waals surface area contributed by atoms with Crippen LogP contribution in [0.5, 0.6) is 0 Å². The molecular weight excluding hydrogens is 312 g/mol. The molecule has 0 bridgehead atoms. The SMILES string of the molecule is Cc1cc(N/N=C/c2ccc(N(C)C)cc2)nc(N2CCCCC2)n1. The number of hydrogen-bond acceptors (Lipinski definition) is 6. The molecule has 0 saturated carbocycles. The first kappa shape index (κ1) is 17.2. The van der Waals surface area contributed by atoms with E-state index < -0.39 is 0 Å². The van der Waals surface area contributed by atoms with Gasteiger partial charge in [0, 0.05) is 44.6 Å². The summed E-state index contributed by atoms with van der Waals surface area (Å²) in [6.07, 6.45) is 5.52. The standard InChI is InChI=1S/C19H26N6/c1-15-13-18(22-19(21-15)25-11-5-4-6-12-25)23-20-14-16-7-9-17(10-8-16)24(2)3/h7-10,13-14H,4-6,11-12H2,1-3H3,(H,21,22,23)/b20-14+. The lowest BCUT2D eigenvalue weighted by atomic mass is 10.1. The zero-order chi connectivity index (χ0) is 17.6. The highest BCUT2D eigenvalue weighted by Crippen LogP contribution is 2.18. The molecule has 132 valence electrons. The Morgan fingerprint density at radius 2 is 1.80 bits per heavy atom. The van der Waals surface area contributed by atoms with E-state index in [1.807, 2.05) is 39.2 Å². The Hall–Kier alpha value is -2.63. The number of aryl methyl sites for hydroxylation is 1. The summed E-state index contributed by atoms with van der Waals surface area (Å²) >= 11 is 0. The van der Waals surface area contributed by atoms with E-state index in [9.17, 15) is 0 Å². The van der Waals surface area contributed by atoms with Gasteiger partial charge in [0.15, 0.2) is 5.82 Å². The maximum absolute atomic E-state index is 4.61. The number of aromatic nitrogens is 2. The van der Waals surface area contributed by atoms with Crippen molar-refractivity contribution in [2.75, 3.05) is 42.4 Å². The fraction of sp³-hybridized carbons (Fsp3) is 0.421. The maximum atomic E-state index is 4.61. The number of piperidine rings is 1. The van der Waals surface area contributed by atoms with Gasteiger partial charge in [0.2, 0.25) is 5.95 Å². The molecule has 2 heterocycles. The monoisotopic (exact) mass is 338 g/mol. The van der Waals surface area contributed by atoms with Gasteiger partial charge >= 0.3 is 0 Å². The van der Waals surface area contributed by atoms with Crippen molar-refractivity contribution in [2.24, 2.45) is 5.10 Å². The second-order valence-electron chi connectivity index (χ2n) is 6.60. The number of rotatable bonds is 5. The van der Waals surface area contributed by atoms with Crippen LogP contribution in [0.2, 0.25) is 0 Å². The van der Waals surface area contributed by atoms with E-state index in [0.29, 0.717) is 0 Å². The fourth-order valence-electron chi connectivity index (χ4n) is 2.88. The van der Waals surface area contributed by atoms with Crippen LogP contribution in [0.4, 0.5) is 17.5 Å². The van der Waals surface area contributed by atoms with Crippen LogP contribution < -0.4 is 15.2 Å². The first-order chi connectivity index (χ1) is 12.1. The van der Waals surface area contributed by atoms with Crippen LogP contribution in [0.25, 0.3) is 0 Å². The average molecular weight is 338 g/mol. The van der Waals surface area contributed by atoms with E-state index >= 15 is 0 Å². The van der Waals surface area contributed by atoms with Crippen LogP contribution in [0.1, 0.15) is 30.5 Å². The summed E-state index contributed by atoms with van der Waals surface area (Å²) in [5.74, 6) is 1.53. The second-order valence-corrected chi connectivity index (χ2v) is 6.60. The van der Waals surface area contributed by atoms with Gasteiger partial charge in [0.05, 0.1) is 6.21 Å². The normalized spacial score (nSPS) is 14.8. The predicted octanol–water partition coefficient (Wildman–Crippen LogP) is 3.29. The number of benzene rings is 1. The molecule has 3 rings (SSSR count). The molecule has 0 spiro atoms. The molecule has 1 aliphatic rings. The molecule has 1 aromatic heterocycles. The van der Waals surface area contributed by atoms with Crippen molar-refractivity contribution in [3.05, 3.63) is 41.6 Å². The number of nitrogens with zero attached hydrogens (tertiary/aromatic N) is 5. The highest BCUT2D eigenvalue weighted by molar-refractivity contribution is 5.80. The number of anilines is 3. The molecule has 0 aliphatic carbocycles. The van der Waals surface area contributed by atoms with Crippen LogP contribution in [0.15, 0.2) is 35.4 Å². The Labute approximate surface area is 149 Å². The summed E-state index contributed by atoms with van der Waals surface area (Å²) in [6.45, 7) is 4.05. The first-order valence-corrected chi connectivity index (χ1v) is 8.79. The van der Waals surface area contributed by atoms with Crippen molar-refractivity contribution < 1.29 is 0 Å². The van der Waals surface area contributed by atoms with Crippen molar-refractivity contribution >= 4 is 23.7 Å². The second kappa shape index (κ2) is 7.96. The molecule has 1 saturated heterocycles. The van der Waals surface area contributed by atoms with E-state index in [-0.39, 0.29) is 0 Å². The predicted molar refractivity (Wildman–Crippen MR) is 105 cm³/mol. The van der Waals surface area contributed by atoms with Gasteiger partial charge in [-0.1, -0.05) is 12.1 Å². The van der Waals surface area contributed by atoms with Gasteiger partial charge in [0.1, 0.15) is 0 Å². The lowest BCUT2D eigenvalue weighted by Gasteiger charge is -2.26. The van der Waals surface area contributed by atoms with Crippen LogP contribution >= 0.6 is 0 Å². The number of nitrogens with one attached hydrogen (secondary N) is 1. The van der Waals surface area contributed by atoms with Crippen molar-refractivity contribution in [1.29, 1.82) is 0 Å². The third-order valence-corrected chi connectivity index (χ3v) is 4.28. The van der Waals surface area contributed by atoms with E-state index in [1.165, 1.54) is 24.9 Å². The molecule has 1 fully saturated rings. The van der Waals surface area contributed by atoms with E-state index in [4.69, 9.17) is 0 Å². The largest absolute Gasteiger partial charge is 0.378 e. The number of hydrogen-bond donors (Lipinski definition) is 1. The van der Waals surface area contributed by atoms with Gasteiger partial charge in [0.25, 0.3) is 0 Å². The minimum absolute atomic E-state index is 0.731. The van der Waals surface area contributed by atoms with Crippen molar-refractivity contribution in [2.45, 2.75) is 26.2 Å². The molecule has 1 aliphatic heterocycles. The third kappa shape index (κ3) is 4.68. The Balaban J connectivity index is 1.66. The summed E-state index contributed by atoms with van der Waals surface area (Å²) in [7, 11) is 4.06. The highest BCUT2D eigenvalue weighted by Gasteiger charge is 2.14. The summed E-state index contributed by atoms with van der Waals surface area (Å²) in [6, 6.07) is 10.2. The Morgan fingerprint density at radius 3 is 2.48 bits per heavy atom. The van der Waals surface area contributed by atoms with Crippen LogP contribution in [-0.2, 0) is 0 Å². The molecule has 0 unspecified atom stereocenters. The van der Waals surface area contributed by atoms with Gasteiger partial charge in [-0.25, -0.2) is 4.98 Å².